The van der Waals surface area contributed by atoms with Gasteiger partial charge < -0.3 is 9.80 Å². The van der Waals surface area contributed by atoms with E-state index in [4.69, 9.17) is 0 Å². The number of rotatable bonds is 3. The van der Waals surface area contributed by atoms with E-state index in [1.807, 2.05) is 0 Å². The topological polar surface area (TPSA) is 40.6 Å². The first-order valence-electron chi connectivity index (χ1n) is 9.22. The summed E-state index contributed by atoms with van der Waals surface area (Å²) in [5, 5.41) is 0. The number of halogens is 2. The first kappa shape index (κ1) is 19.3. The standard InChI is InChI=1S/C22H18F2N2O2S/c23-17-7-3-1-5-15(17)19-9-10-20(29-19)22(28)26-13-11-25(12-14-26)21(27)16-6-2-4-8-18(16)24/h1-10H,11-14H2. The molecule has 1 aliphatic rings. The number of piperazine rings is 1. The molecule has 1 aromatic heterocycles. The lowest BCUT2D eigenvalue weighted by molar-refractivity contribution is 0.0535. The predicted molar refractivity (Wildman–Crippen MR) is 108 cm³/mol. The number of benzene rings is 2. The van der Waals surface area contributed by atoms with Crippen molar-refractivity contribution in [1.29, 1.82) is 0 Å². The first-order valence-corrected chi connectivity index (χ1v) is 10.0. The van der Waals surface area contributed by atoms with Crippen molar-refractivity contribution >= 4 is 23.2 Å². The highest BCUT2D eigenvalue weighted by Crippen LogP contribution is 2.30. The van der Waals surface area contributed by atoms with Crippen LogP contribution in [0.5, 0.6) is 0 Å². The van der Waals surface area contributed by atoms with E-state index in [9.17, 15) is 18.4 Å². The van der Waals surface area contributed by atoms with Gasteiger partial charge in [-0.25, -0.2) is 8.78 Å². The molecule has 1 saturated heterocycles. The van der Waals surface area contributed by atoms with E-state index in [0.717, 1.165) is 0 Å². The summed E-state index contributed by atoms with van der Waals surface area (Å²) in [4.78, 5) is 29.8. The molecule has 0 saturated carbocycles. The summed E-state index contributed by atoms with van der Waals surface area (Å²) in [7, 11) is 0. The minimum Gasteiger partial charge on any atom is -0.335 e. The summed E-state index contributed by atoms with van der Waals surface area (Å²) in [6, 6.07) is 15.8. The summed E-state index contributed by atoms with van der Waals surface area (Å²) in [6.07, 6.45) is 0. The van der Waals surface area contributed by atoms with Crippen LogP contribution in [-0.4, -0.2) is 47.8 Å². The van der Waals surface area contributed by atoms with E-state index in [2.05, 4.69) is 0 Å². The number of hydrogen-bond acceptors (Lipinski definition) is 3. The van der Waals surface area contributed by atoms with Gasteiger partial charge in [0.1, 0.15) is 11.6 Å². The van der Waals surface area contributed by atoms with E-state index >= 15 is 0 Å². The highest BCUT2D eigenvalue weighted by molar-refractivity contribution is 7.17. The normalized spacial score (nSPS) is 14.1. The van der Waals surface area contributed by atoms with Gasteiger partial charge in [0.15, 0.2) is 0 Å². The molecular weight excluding hydrogens is 394 g/mol. The Hall–Kier alpha value is -3.06. The Kier molecular flexibility index (Phi) is 5.40. The van der Waals surface area contributed by atoms with E-state index in [0.29, 0.717) is 41.5 Å². The van der Waals surface area contributed by atoms with Crippen molar-refractivity contribution in [3.8, 4) is 10.4 Å². The molecule has 7 heteroatoms. The molecule has 29 heavy (non-hydrogen) atoms. The highest BCUT2D eigenvalue weighted by Gasteiger charge is 2.27. The van der Waals surface area contributed by atoms with Crippen LogP contribution in [-0.2, 0) is 0 Å². The average molecular weight is 412 g/mol. The van der Waals surface area contributed by atoms with Crippen molar-refractivity contribution in [1.82, 2.24) is 9.80 Å². The SMILES string of the molecule is O=C(c1ccc(-c2ccccc2F)s1)N1CCN(C(=O)c2ccccc2F)CC1. The number of carbonyl (C=O) groups is 2. The van der Waals surface area contributed by atoms with Crippen LogP contribution in [0.25, 0.3) is 10.4 Å². The van der Waals surface area contributed by atoms with Crippen LogP contribution < -0.4 is 0 Å². The summed E-state index contributed by atoms with van der Waals surface area (Å²) in [5.74, 6) is -1.38. The molecule has 0 unspecified atom stereocenters. The zero-order valence-corrected chi connectivity index (χ0v) is 16.3. The quantitative estimate of drug-likeness (QED) is 0.644. The lowest BCUT2D eigenvalue weighted by Crippen LogP contribution is -2.50. The fourth-order valence-corrected chi connectivity index (χ4v) is 4.33. The summed E-state index contributed by atoms with van der Waals surface area (Å²) in [6.45, 7) is 1.41. The number of carbonyl (C=O) groups excluding carboxylic acids is 2. The third kappa shape index (κ3) is 3.91. The van der Waals surface area contributed by atoms with Crippen LogP contribution in [0.2, 0.25) is 0 Å². The van der Waals surface area contributed by atoms with E-state index in [1.165, 1.54) is 29.5 Å². The van der Waals surface area contributed by atoms with Crippen molar-refractivity contribution in [3.05, 3.63) is 82.7 Å². The van der Waals surface area contributed by atoms with Crippen molar-refractivity contribution in [3.63, 3.8) is 0 Å². The van der Waals surface area contributed by atoms with Gasteiger partial charge in [0.05, 0.1) is 10.4 Å². The third-order valence-electron chi connectivity index (χ3n) is 4.91. The molecule has 2 aromatic carbocycles. The maximum Gasteiger partial charge on any atom is 0.264 e. The van der Waals surface area contributed by atoms with Gasteiger partial charge in [0, 0.05) is 36.6 Å². The molecular formula is C22H18F2N2O2S. The smallest absolute Gasteiger partial charge is 0.264 e. The predicted octanol–water partition coefficient (Wildman–Crippen LogP) is 4.29. The highest BCUT2D eigenvalue weighted by atomic mass is 32.1. The molecule has 0 bridgehead atoms. The summed E-state index contributed by atoms with van der Waals surface area (Å²) < 4.78 is 27.8. The molecule has 0 N–H and O–H groups in total. The van der Waals surface area contributed by atoms with Crippen LogP contribution in [0.3, 0.4) is 0 Å². The first-order chi connectivity index (χ1) is 14.0. The summed E-state index contributed by atoms with van der Waals surface area (Å²) in [5.41, 5.74) is 0.511. The zero-order valence-electron chi connectivity index (χ0n) is 15.5. The molecule has 1 aliphatic heterocycles. The molecule has 0 radical (unpaired) electrons. The van der Waals surface area contributed by atoms with Gasteiger partial charge in [-0.1, -0.05) is 30.3 Å². The Labute approximate surface area is 171 Å². The molecule has 0 aliphatic carbocycles. The fourth-order valence-electron chi connectivity index (χ4n) is 3.33. The molecule has 148 valence electrons. The van der Waals surface area contributed by atoms with Crippen LogP contribution >= 0.6 is 11.3 Å². The van der Waals surface area contributed by atoms with Crippen LogP contribution in [0, 0.1) is 11.6 Å². The van der Waals surface area contributed by atoms with Gasteiger partial charge in [-0.05, 0) is 30.3 Å². The van der Waals surface area contributed by atoms with Gasteiger partial charge >= 0.3 is 0 Å². The van der Waals surface area contributed by atoms with Gasteiger partial charge in [0.2, 0.25) is 0 Å². The average Bonchev–Trinajstić information content (AvgIpc) is 3.23. The summed E-state index contributed by atoms with van der Waals surface area (Å²) >= 11 is 1.25. The second-order valence-electron chi connectivity index (χ2n) is 6.71. The Morgan fingerprint density at radius 1 is 0.724 bits per heavy atom. The van der Waals surface area contributed by atoms with Crippen molar-refractivity contribution in [2.75, 3.05) is 26.2 Å². The number of nitrogens with zero attached hydrogens (tertiary/aromatic N) is 2. The van der Waals surface area contributed by atoms with Gasteiger partial charge in [-0.15, -0.1) is 11.3 Å². The minimum absolute atomic E-state index is 0.0417. The van der Waals surface area contributed by atoms with Crippen molar-refractivity contribution in [2.45, 2.75) is 0 Å². The third-order valence-corrected chi connectivity index (χ3v) is 6.02. The van der Waals surface area contributed by atoms with E-state index in [-0.39, 0.29) is 23.2 Å². The zero-order chi connectivity index (χ0) is 20.4. The largest absolute Gasteiger partial charge is 0.335 e. The lowest BCUT2D eigenvalue weighted by atomic mass is 10.1. The van der Waals surface area contributed by atoms with Crippen LogP contribution in [0.15, 0.2) is 60.7 Å². The molecule has 2 amide bonds. The van der Waals surface area contributed by atoms with E-state index in [1.54, 1.807) is 52.3 Å². The number of hydrogen-bond donors (Lipinski definition) is 0. The number of amides is 2. The van der Waals surface area contributed by atoms with E-state index < -0.39 is 5.82 Å². The van der Waals surface area contributed by atoms with Gasteiger partial charge in [0.25, 0.3) is 11.8 Å². The Morgan fingerprint density at radius 2 is 1.31 bits per heavy atom. The van der Waals surface area contributed by atoms with Crippen molar-refractivity contribution in [2.24, 2.45) is 0 Å². The van der Waals surface area contributed by atoms with Gasteiger partial charge in [-0.2, -0.15) is 0 Å². The maximum absolute atomic E-state index is 14.0. The minimum atomic E-state index is -0.546. The molecule has 3 aromatic rings. The molecule has 1 fully saturated rings. The Bertz CT molecular complexity index is 1060. The van der Waals surface area contributed by atoms with Crippen molar-refractivity contribution < 1.29 is 18.4 Å². The molecule has 4 rings (SSSR count). The molecule has 0 atom stereocenters. The Balaban J connectivity index is 1.42. The van der Waals surface area contributed by atoms with Crippen LogP contribution in [0.1, 0.15) is 20.0 Å². The monoisotopic (exact) mass is 412 g/mol. The van der Waals surface area contributed by atoms with Crippen LogP contribution in [0.4, 0.5) is 8.78 Å². The number of thiophene rings is 1. The second kappa shape index (κ2) is 8.13. The second-order valence-corrected chi connectivity index (χ2v) is 7.79. The van der Waals surface area contributed by atoms with Gasteiger partial charge in [-0.3, -0.25) is 9.59 Å². The molecule has 2 heterocycles. The molecule has 4 nitrogen and oxygen atoms in total. The molecule has 0 spiro atoms. The maximum atomic E-state index is 14.0. The lowest BCUT2D eigenvalue weighted by Gasteiger charge is -2.34. The Morgan fingerprint density at radius 3 is 1.97 bits per heavy atom. The fraction of sp³-hybridized carbons (Fsp3) is 0.182.